The Kier molecular flexibility index (Phi) is 4.48. The second-order valence-corrected chi connectivity index (χ2v) is 5.53. The van der Waals surface area contributed by atoms with Crippen molar-refractivity contribution in [3.05, 3.63) is 64.9 Å². The lowest BCUT2D eigenvalue weighted by molar-refractivity contribution is 0.102. The van der Waals surface area contributed by atoms with E-state index in [9.17, 15) is 4.79 Å². The van der Waals surface area contributed by atoms with Crippen molar-refractivity contribution in [1.29, 1.82) is 0 Å². The Morgan fingerprint density at radius 3 is 2.42 bits per heavy atom. The molecule has 24 heavy (non-hydrogen) atoms. The predicted molar refractivity (Wildman–Crippen MR) is 92.1 cm³/mol. The van der Waals surface area contributed by atoms with Crippen LogP contribution in [0.5, 0.6) is 5.75 Å². The maximum absolute atomic E-state index is 12.4. The number of aromatic nitrogens is 3. The molecule has 0 aliphatic heterocycles. The Balaban J connectivity index is 1.83. The highest BCUT2D eigenvalue weighted by atomic mass is 35.5. The van der Waals surface area contributed by atoms with E-state index in [-0.39, 0.29) is 11.6 Å². The molecule has 1 aromatic heterocycles. The van der Waals surface area contributed by atoms with Crippen molar-refractivity contribution in [2.75, 3.05) is 12.4 Å². The van der Waals surface area contributed by atoms with E-state index in [0.717, 1.165) is 11.4 Å². The van der Waals surface area contributed by atoms with E-state index in [1.165, 1.54) is 0 Å². The number of carbonyl (C=O) groups excluding carboxylic acids is 1. The van der Waals surface area contributed by atoms with E-state index in [1.807, 2.05) is 24.3 Å². The lowest BCUT2D eigenvalue weighted by atomic mass is 10.2. The van der Waals surface area contributed by atoms with E-state index >= 15 is 0 Å². The van der Waals surface area contributed by atoms with Crippen LogP contribution in [0.4, 0.5) is 5.69 Å². The molecule has 0 bridgehead atoms. The van der Waals surface area contributed by atoms with Gasteiger partial charge in [0, 0.05) is 10.7 Å². The van der Waals surface area contributed by atoms with Gasteiger partial charge in [-0.15, -0.1) is 5.10 Å². The van der Waals surface area contributed by atoms with Crippen LogP contribution in [0.25, 0.3) is 5.69 Å². The number of hydrogen-bond acceptors (Lipinski definition) is 4. The fourth-order valence-electron chi connectivity index (χ4n) is 2.23. The summed E-state index contributed by atoms with van der Waals surface area (Å²) in [5, 5.41) is 11.4. The minimum absolute atomic E-state index is 0.265. The quantitative estimate of drug-likeness (QED) is 0.788. The molecule has 0 unspecified atom stereocenters. The molecule has 3 aromatic rings. The van der Waals surface area contributed by atoms with Crippen molar-refractivity contribution in [3.8, 4) is 11.4 Å². The van der Waals surface area contributed by atoms with Crippen molar-refractivity contribution in [3.63, 3.8) is 0 Å². The molecule has 1 amide bonds. The van der Waals surface area contributed by atoms with Gasteiger partial charge >= 0.3 is 0 Å². The lowest BCUT2D eigenvalue weighted by Gasteiger charge is -2.06. The molecule has 0 atom stereocenters. The van der Waals surface area contributed by atoms with Crippen LogP contribution in [0.3, 0.4) is 0 Å². The van der Waals surface area contributed by atoms with Gasteiger partial charge in [0.15, 0.2) is 5.69 Å². The van der Waals surface area contributed by atoms with E-state index in [4.69, 9.17) is 16.3 Å². The SMILES string of the molecule is COc1ccc(-n2nnc(C(=O)Nc3ccc(Cl)cc3)c2C)cc1. The molecule has 0 spiro atoms. The zero-order valence-corrected chi connectivity index (χ0v) is 13.9. The molecular formula is C17H15ClN4O2. The molecule has 0 aliphatic rings. The fraction of sp³-hybridized carbons (Fsp3) is 0.118. The second-order valence-electron chi connectivity index (χ2n) is 5.09. The normalized spacial score (nSPS) is 10.5. The second kappa shape index (κ2) is 6.72. The first kappa shape index (κ1) is 16.0. The molecule has 0 aliphatic carbocycles. The number of rotatable bonds is 4. The Hall–Kier alpha value is -2.86. The Bertz CT molecular complexity index is 857. The Labute approximate surface area is 144 Å². The van der Waals surface area contributed by atoms with Crippen LogP contribution in [0.15, 0.2) is 48.5 Å². The summed E-state index contributed by atoms with van der Waals surface area (Å²) in [6, 6.07) is 14.2. The van der Waals surface area contributed by atoms with Gasteiger partial charge in [0.2, 0.25) is 0 Å². The van der Waals surface area contributed by atoms with Crippen LogP contribution >= 0.6 is 11.6 Å². The minimum atomic E-state index is -0.324. The monoisotopic (exact) mass is 342 g/mol. The largest absolute Gasteiger partial charge is 0.497 e. The number of carbonyl (C=O) groups is 1. The molecular weight excluding hydrogens is 328 g/mol. The van der Waals surface area contributed by atoms with Gasteiger partial charge in [0.25, 0.3) is 5.91 Å². The van der Waals surface area contributed by atoms with Gasteiger partial charge in [-0.3, -0.25) is 4.79 Å². The number of nitrogens with one attached hydrogen (secondary N) is 1. The molecule has 0 saturated heterocycles. The van der Waals surface area contributed by atoms with Gasteiger partial charge in [-0.2, -0.15) is 0 Å². The first-order valence-electron chi connectivity index (χ1n) is 7.22. The number of hydrogen-bond donors (Lipinski definition) is 1. The molecule has 1 heterocycles. The van der Waals surface area contributed by atoms with Gasteiger partial charge in [0.05, 0.1) is 18.5 Å². The van der Waals surface area contributed by atoms with Gasteiger partial charge in [-0.25, -0.2) is 4.68 Å². The Morgan fingerprint density at radius 2 is 1.79 bits per heavy atom. The van der Waals surface area contributed by atoms with E-state index in [1.54, 1.807) is 43.0 Å². The van der Waals surface area contributed by atoms with E-state index < -0.39 is 0 Å². The average Bonchev–Trinajstić information content (AvgIpc) is 2.98. The summed E-state index contributed by atoms with van der Waals surface area (Å²) in [5.41, 5.74) is 2.35. The molecule has 122 valence electrons. The number of benzene rings is 2. The summed E-state index contributed by atoms with van der Waals surface area (Å²) in [5.74, 6) is 0.423. The van der Waals surface area contributed by atoms with Crippen LogP contribution in [0, 0.1) is 6.92 Å². The summed E-state index contributed by atoms with van der Waals surface area (Å²) >= 11 is 5.84. The highest BCUT2D eigenvalue weighted by molar-refractivity contribution is 6.30. The van der Waals surface area contributed by atoms with Crippen LogP contribution in [-0.2, 0) is 0 Å². The number of anilines is 1. The summed E-state index contributed by atoms with van der Waals surface area (Å²) in [6.07, 6.45) is 0. The zero-order valence-electron chi connectivity index (χ0n) is 13.2. The highest BCUT2D eigenvalue weighted by Crippen LogP contribution is 2.18. The summed E-state index contributed by atoms with van der Waals surface area (Å²) in [4.78, 5) is 12.4. The third-order valence-electron chi connectivity index (χ3n) is 3.53. The smallest absolute Gasteiger partial charge is 0.278 e. The number of halogens is 1. The van der Waals surface area contributed by atoms with Gasteiger partial charge in [0.1, 0.15) is 5.75 Å². The number of amides is 1. The average molecular weight is 343 g/mol. The number of nitrogens with zero attached hydrogens (tertiary/aromatic N) is 3. The van der Waals surface area contributed by atoms with Crippen molar-refractivity contribution in [2.45, 2.75) is 6.92 Å². The third-order valence-corrected chi connectivity index (χ3v) is 3.78. The van der Waals surface area contributed by atoms with E-state index in [2.05, 4.69) is 15.6 Å². The summed E-state index contributed by atoms with van der Waals surface area (Å²) in [7, 11) is 1.61. The minimum Gasteiger partial charge on any atom is -0.497 e. The Morgan fingerprint density at radius 1 is 1.12 bits per heavy atom. The molecule has 3 rings (SSSR count). The first-order valence-corrected chi connectivity index (χ1v) is 7.60. The molecule has 0 fully saturated rings. The van der Waals surface area contributed by atoms with Gasteiger partial charge < -0.3 is 10.1 Å². The summed E-state index contributed by atoms with van der Waals surface area (Å²) in [6.45, 7) is 1.79. The molecule has 0 saturated carbocycles. The number of ether oxygens (including phenoxy) is 1. The first-order chi connectivity index (χ1) is 11.6. The molecule has 0 radical (unpaired) electrons. The lowest BCUT2D eigenvalue weighted by Crippen LogP contribution is -2.14. The number of methoxy groups -OCH3 is 1. The maximum Gasteiger partial charge on any atom is 0.278 e. The molecule has 1 N–H and O–H groups in total. The molecule has 7 heteroatoms. The van der Waals surface area contributed by atoms with Crippen LogP contribution in [0.1, 0.15) is 16.2 Å². The van der Waals surface area contributed by atoms with Crippen LogP contribution in [-0.4, -0.2) is 28.0 Å². The maximum atomic E-state index is 12.4. The molecule has 6 nitrogen and oxygen atoms in total. The summed E-state index contributed by atoms with van der Waals surface area (Å²) < 4.78 is 6.74. The van der Waals surface area contributed by atoms with Crippen molar-refractivity contribution in [2.24, 2.45) is 0 Å². The highest BCUT2D eigenvalue weighted by Gasteiger charge is 2.17. The van der Waals surface area contributed by atoms with Crippen LogP contribution < -0.4 is 10.1 Å². The topological polar surface area (TPSA) is 69.0 Å². The van der Waals surface area contributed by atoms with E-state index in [0.29, 0.717) is 16.4 Å². The fourth-order valence-corrected chi connectivity index (χ4v) is 2.36. The van der Waals surface area contributed by atoms with Crippen LogP contribution in [0.2, 0.25) is 5.02 Å². The van der Waals surface area contributed by atoms with Crippen molar-refractivity contribution in [1.82, 2.24) is 15.0 Å². The van der Waals surface area contributed by atoms with Crippen molar-refractivity contribution >= 4 is 23.2 Å². The molecule has 2 aromatic carbocycles. The van der Waals surface area contributed by atoms with Crippen molar-refractivity contribution < 1.29 is 9.53 Å². The third kappa shape index (κ3) is 3.23. The predicted octanol–water partition coefficient (Wildman–Crippen LogP) is 3.49. The van der Waals surface area contributed by atoms with Gasteiger partial charge in [-0.1, -0.05) is 16.8 Å². The van der Waals surface area contributed by atoms with Gasteiger partial charge in [-0.05, 0) is 55.5 Å². The standard InChI is InChI=1S/C17H15ClN4O2/c1-11-16(17(23)19-13-5-3-12(18)4-6-13)20-21-22(11)14-7-9-15(24-2)10-8-14/h3-10H,1-2H3,(H,19,23). The zero-order chi connectivity index (χ0) is 17.1.